The first kappa shape index (κ1) is 45.9. The number of nitrogens with one attached hydrogen (secondary N) is 4. The van der Waals surface area contributed by atoms with Crippen molar-refractivity contribution in [1.29, 1.82) is 0 Å². The molecule has 3 aromatic carbocycles. The fourth-order valence-corrected chi connectivity index (χ4v) is 8.64. The molecular weight excluding hydrogens is 838 g/mol. The van der Waals surface area contributed by atoms with Gasteiger partial charge in [0.05, 0.1) is 29.8 Å². The molecule has 3 heterocycles. The molecule has 0 unspecified atom stereocenters. The molecule has 16 nitrogen and oxygen atoms in total. The Bertz CT molecular complexity index is 2570. The maximum atomic E-state index is 14.4. The molecule has 17 heteroatoms. The van der Waals surface area contributed by atoms with E-state index in [2.05, 4.69) is 44.7 Å². The average molecular weight is 890 g/mol. The van der Waals surface area contributed by atoms with Crippen LogP contribution in [0.15, 0.2) is 60.8 Å². The number of rotatable bonds is 16. The molecule has 0 spiro atoms. The number of alkyl halides is 1. The molecular formula is C48H52FN7O9. The summed E-state index contributed by atoms with van der Waals surface area (Å²) in [5.74, 6) is 4.13. The van der Waals surface area contributed by atoms with Gasteiger partial charge >= 0.3 is 6.03 Å². The van der Waals surface area contributed by atoms with E-state index in [4.69, 9.17) is 19.9 Å². The van der Waals surface area contributed by atoms with Crippen LogP contribution < -0.4 is 41.2 Å². The number of fused-ring (bicyclic) bond motifs is 2. The van der Waals surface area contributed by atoms with Gasteiger partial charge in [0, 0.05) is 54.0 Å². The molecule has 340 valence electrons. The Morgan fingerprint density at radius 1 is 0.985 bits per heavy atom. The van der Waals surface area contributed by atoms with Crippen molar-refractivity contribution in [2.45, 2.75) is 64.2 Å². The molecule has 3 aliphatic rings. The number of Topliss-reactive ketones (excluding diaryl/α,β-unsaturated/α-hetero) is 1. The van der Waals surface area contributed by atoms with Crippen molar-refractivity contribution in [3.05, 3.63) is 88.6 Å². The SMILES string of the molecule is CC[C@@H]1[C@H](F)C(=O)N[C@@H]1COc1ncc(C#C[C@H]2CC[C@H](CN(C)CCCNC(=O)NCc3cccc(Oc4cccc5c4C(=O)NC(=O)C5=O)c3)CC2)c2cc(C(N)=O)c(OC)cc12. The lowest BCUT2D eigenvalue weighted by Gasteiger charge is -2.29. The third-order valence-electron chi connectivity index (χ3n) is 12.1. The molecule has 65 heavy (non-hydrogen) atoms. The number of amides is 6. The summed E-state index contributed by atoms with van der Waals surface area (Å²) in [6, 6.07) is 13.9. The quantitative estimate of drug-likeness (QED) is 0.0445. The lowest BCUT2D eigenvalue weighted by molar-refractivity contribution is -0.124. The van der Waals surface area contributed by atoms with Gasteiger partial charge in [0.25, 0.3) is 29.4 Å². The molecule has 2 aliphatic heterocycles. The normalized spacial score (nSPS) is 20.3. The molecule has 1 aliphatic carbocycles. The van der Waals surface area contributed by atoms with Crippen LogP contribution in [-0.4, -0.2) is 97.9 Å². The Morgan fingerprint density at radius 3 is 2.52 bits per heavy atom. The van der Waals surface area contributed by atoms with Gasteiger partial charge in [-0.05, 0) is 100.0 Å². The summed E-state index contributed by atoms with van der Waals surface area (Å²) in [7, 11) is 3.52. The number of ether oxygens (including phenoxy) is 3. The van der Waals surface area contributed by atoms with E-state index in [9.17, 15) is 33.2 Å². The Labute approximate surface area is 375 Å². The zero-order valence-electron chi connectivity index (χ0n) is 36.5. The lowest BCUT2D eigenvalue weighted by atomic mass is 9.82. The first-order chi connectivity index (χ1) is 31.3. The second-order valence-corrected chi connectivity index (χ2v) is 16.6. The van der Waals surface area contributed by atoms with E-state index in [-0.39, 0.29) is 59.2 Å². The summed E-state index contributed by atoms with van der Waals surface area (Å²) in [5, 5.41) is 11.6. The summed E-state index contributed by atoms with van der Waals surface area (Å²) in [5.41, 5.74) is 7.22. The minimum Gasteiger partial charge on any atom is -0.496 e. The molecule has 1 aromatic heterocycles. The van der Waals surface area contributed by atoms with Crippen molar-refractivity contribution in [2.24, 2.45) is 23.5 Å². The van der Waals surface area contributed by atoms with Crippen LogP contribution in [0.25, 0.3) is 10.8 Å². The predicted octanol–water partition coefficient (Wildman–Crippen LogP) is 4.81. The number of nitrogens with two attached hydrogens (primary N) is 1. The summed E-state index contributed by atoms with van der Waals surface area (Å²) < 4.78 is 31.9. The highest BCUT2D eigenvalue weighted by molar-refractivity contribution is 6.49. The highest BCUT2D eigenvalue weighted by Gasteiger charge is 2.42. The molecule has 4 aromatic rings. The van der Waals surface area contributed by atoms with Crippen LogP contribution in [0.2, 0.25) is 0 Å². The van der Waals surface area contributed by atoms with Gasteiger partial charge in [-0.25, -0.2) is 14.2 Å². The number of ketones is 1. The Hall–Kier alpha value is -7.06. The summed E-state index contributed by atoms with van der Waals surface area (Å²) in [6.45, 7) is 4.30. The van der Waals surface area contributed by atoms with Crippen LogP contribution in [-0.2, 0) is 16.1 Å². The van der Waals surface area contributed by atoms with E-state index in [0.29, 0.717) is 41.0 Å². The van der Waals surface area contributed by atoms with E-state index in [1.807, 2.05) is 18.3 Å². The minimum absolute atomic E-state index is 0.00839. The second-order valence-electron chi connectivity index (χ2n) is 16.6. The Balaban J connectivity index is 0.851. The molecule has 0 radical (unpaired) electrons. The average Bonchev–Trinajstić information content (AvgIpc) is 3.58. The van der Waals surface area contributed by atoms with Gasteiger partial charge in [-0.2, -0.15) is 0 Å². The summed E-state index contributed by atoms with van der Waals surface area (Å²) >= 11 is 0. The molecule has 6 amide bonds. The number of halogens is 1. The fraction of sp³-hybridized carbons (Fsp3) is 0.396. The standard InChI is InChI=1S/C48H52FN7O9/c1-4-32-37(54-45(60)41(32)49)26-64-47-35-22-39(63-3)36(43(50)58)21-34(35)30(24-52-47)17-16-27-12-14-28(15-13-27)25-56(2)19-7-18-51-48(62)53-23-29-8-5-9-31(20-29)65-38-11-6-10-33-40(38)44(59)55-46(61)42(33)57/h5-6,8-11,20-22,24,27-28,32,37,41H,4,7,12-15,18-19,23,25-26H2,1-3H3,(H2,50,58)(H,54,60)(H2,51,53,62)(H,55,59,61)/t27-,28-,32-,37+,41-/m0/s1. The van der Waals surface area contributed by atoms with Crippen molar-refractivity contribution in [1.82, 2.24) is 31.2 Å². The van der Waals surface area contributed by atoms with Crippen LogP contribution in [0.1, 0.15) is 87.6 Å². The summed E-state index contributed by atoms with van der Waals surface area (Å²) in [6.07, 6.45) is 5.14. The van der Waals surface area contributed by atoms with Crippen LogP contribution in [0, 0.1) is 29.6 Å². The number of carbonyl (C=O) groups excluding carboxylic acids is 6. The van der Waals surface area contributed by atoms with Gasteiger partial charge in [-0.1, -0.05) is 37.0 Å². The smallest absolute Gasteiger partial charge is 0.315 e. The number of pyridine rings is 1. The highest BCUT2D eigenvalue weighted by Crippen LogP contribution is 2.35. The van der Waals surface area contributed by atoms with E-state index < -0.39 is 47.5 Å². The van der Waals surface area contributed by atoms with Gasteiger partial charge in [-0.15, -0.1) is 0 Å². The van der Waals surface area contributed by atoms with Gasteiger partial charge in [0.15, 0.2) is 6.17 Å². The zero-order valence-corrected chi connectivity index (χ0v) is 36.5. The first-order valence-electron chi connectivity index (χ1n) is 21.7. The number of benzene rings is 3. The zero-order chi connectivity index (χ0) is 46.2. The number of imide groups is 1. The number of nitrogens with zero attached hydrogens (tertiary/aromatic N) is 2. The van der Waals surface area contributed by atoms with E-state index in [0.717, 1.165) is 50.8 Å². The van der Waals surface area contributed by atoms with Crippen molar-refractivity contribution in [2.75, 3.05) is 40.4 Å². The predicted molar refractivity (Wildman–Crippen MR) is 237 cm³/mol. The van der Waals surface area contributed by atoms with Crippen LogP contribution in [0.4, 0.5) is 9.18 Å². The number of urea groups is 1. The number of hydrogen-bond acceptors (Lipinski definition) is 11. The third kappa shape index (κ3) is 10.8. The van der Waals surface area contributed by atoms with E-state index in [1.165, 1.54) is 19.2 Å². The van der Waals surface area contributed by atoms with E-state index >= 15 is 0 Å². The number of hydrogen-bond donors (Lipinski definition) is 5. The molecule has 2 fully saturated rings. The topological polar surface area (TPSA) is 220 Å². The highest BCUT2D eigenvalue weighted by atomic mass is 19.1. The fourth-order valence-electron chi connectivity index (χ4n) is 8.64. The molecule has 1 saturated carbocycles. The minimum atomic E-state index is -1.59. The van der Waals surface area contributed by atoms with Crippen molar-refractivity contribution >= 4 is 46.2 Å². The van der Waals surface area contributed by atoms with E-state index in [1.54, 1.807) is 42.6 Å². The van der Waals surface area contributed by atoms with Gasteiger partial charge in [-0.3, -0.25) is 29.3 Å². The molecule has 1 saturated heterocycles. The molecule has 3 atom stereocenters. The lowest BCUT2D eigenvalue weighted by Crippen LogP contribution is -2.42. The Morgan fingerprint density at radius 2 is 1.77 bits per heavy atom. The number of primary amides is 1. The monoisotopic (exact) mass is 889 g/mol. The number of carbonyl (C=O) groups is 6. The third-order valence-corrected chi connectivity index (χ3v) is 12.1. The number of aromatic nitrogens is 1. The molecule has 7 rings (SSSR count). The molecule has 0 bridgehead atoms. The summed E-state index contributed by atoms with van der Waals surface area (Å²) in [4.78, 5) is 80.3. The maximum Gasteiger partial charge on any atom is 0.315 e. The van der Waals surface area contributed by atoms with Gasteiger partial charge < -0.3 is 40.8 Å². The number of methoxy groups -OCH3 is 1. The van der Waals surface area contributed by atoms with Gasteiger partial charge in [0.2, 0.25) is 5.88 Å². The largest absolute Gasteiger partial charge is 0.496 e. The van der Waals surface area contributed by atoms with Crippen molar-refractivity contribution < 1.29 is 47.4 Å². The van der Waals surface area contributed by atoms with Crippen molar-refractivity contribution in [3.63, 3.8) is 0 Å². The van der Waals surface area contributed by atoms with Crippen molar-refractivity contribution in [3.8, 4) is 35.0 Å². The van der Waals surface area contributed by atoms with Crippen LogP contribution in [0.5, 0.6) is 23.1 Å². The first-order valence-corrected chi connectivity index (χ1v) is 21.7. The maximum absolute atomic E-state index is 14.4. The molecule has 6 N–H and O–H groups in total. The van der Waals surface area contributed by atoms with Crippen LogP contribution in [0.3, 0.4) is 0 Å². The second kappa shape index (κ2) is 20.6. The van der Waals surface area contributed by atoms with Crippen LogP contribution >= 0.6 is 0 Å². The van der Waals surface area contributed by atoms with Gasteiger partial charge in [0.1, 0.15) is 23.9 Å². The Kier molecular flexibility index (Phi) is 14.6.